The maximum atomic E-state index is 12.5. The molecular formula is C35H58Ac4N5O9S-. The number of carbonyl (C=O) groups is 5. The summed E-state index contributed by atoms with van der Waals surface area (Å²) in [6.45, 7) is 1.79. The number of aliphatic hydroxyl groups is 3. The molecule has 54 heavy (non-hydrogen) atoms. The molecule has 1 saturated carbocycles. The van der Waals surface area contributed by atoms with Crippen molar-refractivity contribution in [3.63, 3.8) is 0 Å². The van der Waals surface area contributed by atoms with E-state index in [0.717, 1.165) is 83.5 Å². The molecule has 1 saturated heterocycles. The van der Waals surface area contributed by atoms with Crippen LogP contribution in [0.25, 0.3) is 5.73 Å². The first-order valence-electron chi connectivity index (χ1n) is 18.4. The Balaban J connectivity index is 0. The molecule has 19 heteroatoms. The molecule has 2 aliphatic heterocycles. The molecule has 2 heterocycles. The Morgan fingerprint density at radius 1 is 0.741 bits per heavy atom. The van der Waals surface area contributed by atoms with Crippen LogP contribution >= 0.6 is 11.8 Å². The fourth-order valence-corrected chi connectivity index (χ4v) is 7.66. The van der Waals surface area contributed by atoms with Crippen LogP contribution in [0.5, 0.6) is 0 Å². The zero-order valence-corrected chi connectivity index (χ0v) is 51.3. The number of hydrogen-bond donors (Lipinski definition) is 6. The van der Waals surface area contributed by atoms with Crippen molar-refractivity contribution < 1.29 is 220 Å². The third kappa shape index (κ3) is 22.9. The Bertz CT molecular complexity index is 1120. The maximum Gasteiger partial charge on any atom is 0.253 e. The number of ether oxygens (including phenoxy) is 1. The minimum Gasteiger partial charge on any atom is -0.670 e. The summed E-state index contributed by atoms with van der Waals surface area (Å²) in [6.07, 6.45) is 10.7. The molecule has 3 rings (SSSR count). The van der Waals surface area contributed by atoms with Gasteiger partial charge in [-0.25, -0.2) is 0 Å². The molecule has 5 amide bonds. The van der Waals surface area contributed by atoms with Gasteiger partial charge in [0.05, 0.1) is 18.1 Å². The summed E-state index contributed by atoms with van der Waals surface area (Å²) < 4.78 is 5.54. The van der Waals surface area contributed by atoms with Crippen LogP contribution in [0.4, 0.5) is 0 Å². The third-order valence-electron chi connectivity index (χ3n) is 9.65. The van der Waals surface area contributed by atoms with Gasteiger partial charge in [-0.15, -0.1) is 11.8 Å². The normalized spacial score (nSPS) is 24.7. The van der Waals surface area contributed by atoms with Crippen LogP contribution < -0.4 is 16.0 Å². The van der Waals surface area contributed by atoms with Gasteiger partial charge in [0.15, 0.2) is 0 Å². The molecule has 0 spiro atoms. The van der Waals surface area contributed by atoms with E-state index >= 15 is 0 Å². The third-order valence-corrected chi connectivity index (χ3v) is 10.9. The van der Waals surface area contributed by atoms with Gasteiger partial charge in [-0.05, 0) is 75.9 Å². The average molecular weight is 1630 g/mol. The van der Waals surface area contributed by atoms with E-state index in [0.29, 0.717) is 44.8 Å². The Morgan fingerprint density at radius 2 is 1.24 bits per heavy atom. The number of carbonyl (C=O) groups excluding carboxylic acids is 5. The van der Waals surface area contributed by atoms with Crippen LogP contribution in [0.2, 0.25) is 0 Å². The van der Waals surface area contributed by atoms with E-state index in [4.69, 9.17) is 10.5 Å². The summed E-state index contributed by atoms with van der Waals surface area (Å²) in [5.41, 5.74) is 7.41. The smallest absolute Gasteiger partial charge is 0.253 e. The summed E-state index contributed by atoms with van der Waals surface area (Å²) >= 11 is 1.40. The van der Waals surface area contributed by atoms with Crippen molar-refractivity contribution in [3.8, 4) is 0 Å². The van der Waals surface area contributed by atoms with Gasteiger partial charge < -0.3 is 41.7 Å². The van der Waals surface area contributed by atoms with Gasteiger partial charge in [-0.1, -0.05) is 25.3 Å². The molecule has 0 aromatic rings. The number of nitrogens with one attached hydrogen (secondary N) is 4. The zero-order valence-electron chi connectivity index (χ0n) is 31.5. The van der Waals surface area contributed by atoms with Crippen LogP contribution in [0.3, 0.4) is 0 Å². The summed E-state index contributed by atoms with van der Waals surface area (Å²) in [6, 6.07) is -0.976. The van der Waals surface area contributed by atoms with Crippen molar-refractivity contribution in [2.24, 2.45) is 11.8 Å². The summed E-state index contributed by atoms with van der Waals surface area (Å²) in [5, 5.41) is 38.0. The van der Waals surface area contributed by atoms with Crippen LogP contribution in [-0.4, -0.2) is 118 Å². The van der Waals surface area contributed by atoms with Crippen LogP contribution in [0.15, 0.2) is 12.2 Å². The number of rotatable bonds is 23. The van der Waals surface area contributed by atoms with Crippen molar-refractivity contribution in [3.05, 3.63) is 17.9 Å². The zero-order chi connectivity index (χ0) is 36.3. The molecule has 0 aromatic carbocycles. The number of nitrogens with zero attached hydrogens (tertiary/aromatic N) is 1. The standard InChI is InChI=1S/C35H58N5O9S.4Ac/c36-31-33(47)32(46)26(23-41)49-35(31)50-21-9-3-8-19-38-28(43)10-4-1-6-18-37-27(42)11-5-2-7-20-39-34(48)25-14-12-24(13-15-25)22-40-29(44)16-17-30(40)45;;;;/h16-17,24-26,31-33,35-36,41,46-47H,1-15,18-23H2,(H,37,42)(H,38,43)(H,39,48);;;;/q-1;;;;/t24?,25?,26?,31?,32-,33+,35-;;;;/m0..../s1. The number of hydrogen-bond acceptors (Lipinski definition) is 10. The van der Waals surface area contributed by atoms with Gasteiger partial charge in [-0.2, -0.15) is 0 Å². The van der Waals surface area contributed by atoms with Gasteiger partial charge in [0.2, 0.25) is 17.7 Å². The number of thioether (sulfide) groups is 1. The van der Waals surface area contributed by atoms with Crippen molar-refractivity contribution in [1.29, 1.82) is 0 Å². The van der Waals surface area contributed by atoms with Crippen molar-refractivity contribution in [2.45, 2.75) is 126 Å². The van der Waals surface area contributed by atoms with Crippen LogP contribution in [0, 0.1) is 188 Å². The second-order valence-corrected chi connectivity index (χ2v) is 14.8. The Labute approximate surface area is 468 Å². The second-order valence-electron chi connectivity index (χ2n) is 13.6. The van der Waals surface area contributed by atoms with E-state index in [1.165, 1.54) is 28.8 Å². The molecule has 2 unspecified atom stereocenters. The van der Waals surface area contributed by atoms with E-state index in [1.807, 2.05) is 0 Å². The van der Waals surface area contributed by atoms with Crippen molar-refractivity contribution in [2.75, 3.05) is 38.5 Å². The Morgan fingerprint density at radius 3 is 1.76 bits per heavy atom. The predicted octanol–water partition coefficient (Wildman–Crippen LogP) is 1.95. The van der Waals surface area contributed by atoms with Gasteiger partial charge in [0.25, 0.3) is 11.8 Å². The van der Waals surface area contributed by atoms with E-state index in [1.54, 1.807) is 0 Å². The average Bonchev–Trinajstić information content (AvgIpc) is 3.42. The Hall–Kier alpha value is 3.21. The van der Waals surface area contributed by atoms with Crippen LogP contribution in [-0.2, 0) is 28.7 Å². The SMILES string of the molecule is [Ac].[Ac].[Ac].[Ac].[NH-]C1[C@@H](O)[C@@H](O)C(CO)O[C@H]1SCCCCCNC(=O)CCCCCNC(=O)CCCCCNC(=O)C1CCC(CN2C(=O)C=CC2=O)CC1. The van der Waals surface area contributed by atoms with Gasteiger partial charge in [0.1, 0.15) is 12.2 Å². The largest absolute Gasteiger partial charge is 0.670 e. The second kappa shape index (κ2) is 34.8. The van der Waals surface area contributed by atoms with E-state index in [2.05, 4.69) is 16.0 Å². The first-order chi connectivity index (χ1) is 24.1. The first kappa shape index (κ1) is 59.3. The van der Waals surface area contributed by atoms with Crippen LogP contribution in [0.1, 0.15) is 96.3 Å². The van der Waals surface area contributed by atoms with Gasteiger partial charge in [0, 0.05) is 233 Å². The monoisotopic (exact) mass is 1630 g/mol. The molecule has 14 nitrogen and oxygen atoms in total. The molecule has 2 fully saturated rings. The minimum atomic E-state index is -1.26. The first-order valence-corrected chi connectivity index (χ1v) is 19.4. The number of unbranched alkanes of at least 4 members (excludes halogenated alkanes) is 6. The molecule has 5 atom stereocenters. The molecule has 296 valence electrons. The fourth-order valence-electron chi connectivity index (χ4n) is 6.47. The predicted molar refractivity (Wildman–Crippen MR) is 189 cm³/mol. The summed E-state index contributed by atoms with van der Waals surface area (Å²) in [5.74, 6) is 0.531. The van der Waals surface area contributed by atoms with Gasteiger partial charge >= 0.3 is 0 Å². The topological polar surface area (TPSA) is 218 Å². The van der Waals surface area contributed by atoms with E-state index in [-0.39, 0.29) is 218 Å². The van der Waals surface area contributed by atoms with Gasteiger partial charge in [-0.3, -0.25) is 28.9 Å². The molecule has 1 aliphatic carbocycles. The summed E-state index contributed by atoms with van der Waals surface area (Å²) in [7, 11) is 0. The minimum absolute atomic E-state index is 0. The molecule has 3 aliphatic rings. The molecular weight excluding hydrogens is 1570 g/mol. The van der Waals surface area contributed by atoms with E-state index in [9.17, 15) is 39.3 Å². The molecule has 4 radical (unpaired) electrons. The summed E-state index contributed by atoms with van der Waals surface area (Å²) in [4.78, 5) is 61.6. The van der Waals surface area contributed by atoms with Crippen molar-refractivity contribution >= 4 is 41.3 Å². The molecule has 0 aromatic heterocycles. The fraction of sp³-hybridized carbons (Fsp3) is 0.800. The quantitative estimate of drug-likeness (QED) is 0.0646. The number of amides is 5. The maximum absolute atomic E-state index is 12.5. The molecule has 0 bridgehead atoms. The molecule has 7 N–H and O–H groups in total. The van der Waals surface area contributed by atoms with E-state index < -0.39 is 36.4 Å². The Kier molecular flexibility index (Phi) is 38.2. The number of imide groups is 1. The number of aliphatic hydroxyl groups excluding tert-OH is 3. The van der Waals surface area contributed by atoms with Crippen molar-refractivity contribution in [1.82, 2.24) is 20.9 Å².